The number of likely N-dealkylation sites (N-methyl/N-ethyl adjacent to an activating group) is 1. The third-order valence-electron chi connectivity index (χ3n) is 5.63. The molecule has 1 saturated carbocycles. The molecule has 0 bridgehead atoms. The first-order valence-corrected chi connectivity index (χ1v) is 9.51. The average Bonchev–Trinajstić information content (AvgIpc) is 3.12. The van der Waals surface area contributed by atoms with Gasteiger partial charge in [-0.15, -0.1) is 0 Å². The van der Waals surface area contributed by atoms with E-state index in [1.807, 2.05) is 17.0 Å². The van der Waals surface area contributed by atoms with E-state index in [1.54, 1.807) is 0 Å². The van der Waals surface area contributed by atoms with E-state index in [9.17, 15) is 4.79 Å². The van der Waals surface area contributed by atoms with Crippen molar-refractivity contribution in [1.82, 2.24) is 9.80 Å². The van der Waals surface area contributed by atoms with Gasteiger partial charge in [0.25, 0.3) is 0 Å². The highest BCUT2D eigenvalue weighted by Crippen LogP contribution is 2.24. The van der Waals surface area contributed by atoms with Crippen LogP contribution >= 0.6 is 0 Å². The van der Waals surface area contributed by atoms with Crippen LogP contribution in [0, 0.1) is 6.92 Å². The Kier molecular flexibility index (Phi) is 5.90. The van der Waals surface area contributed by atoms with Crippen molar-refractivity contribution in [2.75, 3.05) is 44.2 Å². The van der Waals surface area contributed by atoms with Gasteiger partial charge >= 0.3 is 0 Å². The molecule has 0 unspecified atom stereocenters. The van der Waals surface area contributed by atoms with Gasteiger partial charge in [-0.1, -0.05) is 31.0 Å². The molecule has 1 amide bonds. The van der Waals surface area contributed by atoms with E-state index < -0.39 is 0 Å². The molecule has 1 heterocycles. The molecule has 0 spiro atoms. The first-order chi connectivity index (χ1) is 11.7. The van der Waals surface area contributed by atoms with E-state index >= 15 is 0 Å². The maximum atomic E-state index is 12.8. The fourth-order valence-electron chi connectivity index (χ4n) is 4.18. The molecule has 2 aliphatic rings. The maximum absolute atomic E-state index is 12.8. The third-order valence-corrected chi connectivity index (χ3v) is 5.63. The van der Waals surface area contributed by atoms with E-state index in [-0.39, 0.29) is 5.91 Å². The summed E-state index contributed by atoms with van der Waals surface area (Å²) in [4.78, 5) is 19.7. The lowest BCUT2D eigenvalue weighted by Gasteiger charge is -2.38. The van der Waals surface area contributed by atoms with Gasteiger partial charge in [0, 0.05) is 44.5 Å². The summed E-state index contributed by atoms with van der Waals surface area (Å²) in [6, 6.07) is 8.97. The predicted molar refractivity (Wildman–Crippen MR) is 99.5 cm³/mol. The van der Waals surface area contributed by atoms with E-state index in [1.165, 1.54) is 31.2 Å². The second kappa shape index (κ2) is 8.13. The van der Waals surface area contributed by atoms with Crippen molar-refractivity contribution in [3.8, 4) is 0 Å². The molecule has 1 aromatic carbocycles. The SMILES string of the molecule is CCN(C(=O)CN1CCN(C2CCCC2)CC1)c1ccccc1C. The molecular formula is C20H31N3O. The second-order valence-corrected chi connectivity index (χ2v) is 7.17. The van der Waals surface area contributed by atoms with Crippen LogP contribution in [0.25, 0.3) is 0 Å². The lowest BCUT2D eigenvalue weighted by molar-refractivity contribution is -0.120. The third kappa shape index (κ3) is 3.98. The van der Waals surface area contributed by atoms with E-state index in [2.05, 4.69) is 35.8 Å². The molecule has 1 aliphatic carbocycles. The number of carbonyl (C=O) groups excluding carboxylic acids is 1. The van der Waals surface area contributed by atoms with E-state index in [0.29, 0.717) is 6.54 Å². The first-order valence-electron chi connectivity index (χ1n) is 9.51. The summed E-state index contributed by atoms with van der Waals surface area (Å²) in [5.41, 5.74) is 2.22. The van der Waals surface area contributed by atoms with Crippen LogP contribution in [0.4, 0.5) is 5.69 Å². The number of nitrogens with zero attached hydrogens (tertiary/aromatic N) is 3. The zero-order chi connectivity index (χ0) is 16.9. The molecule has 2 fully saturated rings. The summed E-state index contributed by atoms with van der Waals surface area (Å²) in [6.45, 7) is 9.68. The Bertz CT molecular complexity index is 546. The zero-order valence-corrected chi connectivity index (χ0v) is 15.2. The molecule has 1 aromatic rings. The molecule has 0 N–H and O–H groups in total. The van der Waals surface area contributed by atoms with Crippen molar-refractivity contribution in [1.29, 1.82) is 0 Å². The number of benzene rings is 1. The van der Waals surface area contributed by atoms with Crippen LogP contribution in [0.15, 0.2) is 24.3 Å². The number of anilines is 1. The number of hydrogen-bond acceptors (Lipinski definition) is 3. The van der Waals surface area contributed by atoms with Gasteiger partial charge < -0.3 is 4.90 Å². The number of para-hydroxylation sites is 1. The van der Waals surface area contributed by atoms with E-state index in [4.69, 9.17) is 0 Å². The predicted octanol–water partition coefficient (Wildman–Crippen LogP) is 2.91. The number of piperazine rings is 1. The van der Waals surface area contributed by atoms with Gasteiger partial charge in [0.1, 0.15) is 0 Å². The van der Waals surface area contributed by atoms with Gasteiger partial charge in [0.2, 0.25) is 5.91 Å². The van der Waals surface area contributed by atoms with Gasteiger partial charge in [-0.3, -0.25) is 14.6 Å². The normalized spacial score (nSPS) is 20.4. The minimum absolute atomic E-state index is 0.223. The van der Waals surface area contributed by atoms with Crippen LogP contribution < -0.4 is 4.90 Å². The lowest BCUT2D eigenvalue weighted by Crippen LogP contribution is -2.52. The Morgan fingerprint density at radius 2 is 1.79 bits per heavy atom. The molecule has 0 aromatic heterocycles. The summed E-state index contributed by atoms with van der Waals surface area (Å²) in [5.74, 6) is 0.223. The van der Waals surface area contributed by atoms with Crippen LogP contribution in [0.3, 0.4) is 0 Å². The van der Waals surface area contributed by atoms with Crippen LogP contribution in [-0.4, -0.2) is 61.0 Å². The summed E-state index contributed by atoms with van der Waals surface area (Å²) in [6.07, 6.45) is 5.53. The highest BCUT2D eigenvalue weighted by Gasteiger charge is 2.27. The molecule has 1 aliphatic heterocycles. The monoisotopic (exact) mass is 329 g/mol. The summed E-state index contributed by atoms with van der Waals surface area (Å²) >= 11 is 0. The topological polar surface area (TPSA) is 26.8 Å². The quantitative estimate of drug-likeness (QED) is 0.831. The number of rotatable bonds is 5. The van der Waals surface area contributed by atoms with E-state index in [0.717, 1.165) is 44.5 Å². The average molecular weight is 329 g/mol. The molecule has 132 valence electrons. The van der Waals surface area contributed by atoms with Gasteiger partial charge in [-0.05, 0) is 38.3 Å². The highest BCUT2D eigenvalue weighted by molar-refractivity contribution is 5.95. The molecule has 1 saturated heterocycles. The standard InChI is InChI=1S/C20H31N3O/c1-3-23(19-11-7-4-8-17(19)2)20(24)16-21-12-14-22(15-13-21)18-9-5-6-10-18/h4,7-8,11,18H,3,5-6,9-10,12-16H2,1-2H3. The van der Waals surface area contributed by atoms with Gasteiger partial charge in [-0.25, -0.2) is 0 Å². The second-order valence-electron chi connectivity index (χ2n) is 7.17. The lowest BCUT2D eigenvalue weighted by atomic mass is 10.1. The number of hydrogen-bond donors (Lipinski definition) is 0. The Morgan fingerprint density at radius 1 is 1.12 bits per heavy atom. The Hall–Kier alpha value is -1.39. The van der Waals surface area contributed by atoms with Gasteiger partial charge in [-0.2, -0.15) is 0 Å². The number of amides is 1. The number of carbonyl (C=O) groups is 1. The van der Waals surface area contributed by atoms with Crippen molar-refractivity contribution in [3.63, 3.8) is 0 Å². The smallest absolute Gasteiger partial charge is 0.241 e. The molecule has 4 nitrogen and oxygen atoms in total. The number of aryl methyl sites for hydroxylation is 1. The minimum Gasteiger partial charge on any atom is -0.311 e. The van der Waals surface area contributed by atoms with Crippen LogP contribution in [0.5, 0.6) is 0 Å². The Labute approximate surface area is 146 Å². The molecule has 0 atom stereocenters. The van der Waals surface area contributed by atoms with Crippen LogP contribution in [0.2, 0.25) is 0 Å². The zero-order valence-electron chi connectivity index (χ0n) is 15.2. The molecule has 24 heavy (non-hydrogen) atoms. The minimum atomic E-state index is 0.223. The van der Waals surface area contributed by atoms with Crippen molar-refractivity contribution in [2.24, 2.45) is 0 Å². The first kappa shape index (κ1) is 17.4. The highest BCUT2D eigenvalue weighted by atomic mass is 16.2. The fourth-order valence-corrected chi connectivity index (χ4v) is 4.18. The Morgan fingerprint density at radius 3 is 2.42 bits per heavy atom. The van der Waals surface area contributed by atoms with Crippen molar-refractivity contribution in [3.05, 3.63) is 29.8 Å². The van der Waals surface area contributed by atoms with Crippen molar-refractivity contribution < 1.29 is 4.79 Å². The van der Waals surface area contributed by atoms with Crippen molar-refractivity contribution >= 4 is 11.6 Å². The molecular weight excluding hydrogens is 298 g/mol. The molecule has 3 rings (SSSR count). The summed E-state index contributed by atoms with van der Waals surface area (Å²) in [7, 11) is 0. The van der Waals surface area contributed by atoms with Crippen LogP contribution in [0.1, 0.15) is 38.2 Å². The molecule has 4 heteroatoms. The van der Waals surface area contributed by atoms with Crippen molar-refractivity contribution in [2.45, 2.75) is 45.6 Å². The molecule has 0 radical (unpaired) electrons. The Balaban J connectivity index is 1.54. The maximum Gasteiger partial charge on any atom is 0.241 e. The fraction of sp³-hybridized carbons (Fsp3) is 0.650. The summed E-state index contributed by atoms with van der Waals surface area (Å²) < 4.78 is 0. The van der Waals surface area contributed by atoms with Gasteiger partial charge in [0.15, 0.2) is 0 Å². The largest absolute Gasteiger partial charge is 0.311 e. The van der Waals surface area contributed by atoms with Gasteiger partial charge in [0.05, 0.1) is 6.54 Å². The van der Waals surface area contributed by atoms with Crippen LogP contribution in [-0.2, 0) is 4.79 Å². The summed E-state index contributed by atoms with van der Waals surface area (Å²) in [5, 5.41) is 0.